The molecule has 21 heavy (non-hydrogen) atoms. The van der Waals surface area contributed by atoms with Crippen molar-refractivity contribution in [2.75, 3.05) is 5.32 Å². The molecule has 2 rings (SSSR count). The molecule has 110 valence electrons. The number of nitro benzene ring substituents is 1. The first-order chi connectivity index (χ1) is 9.98. The van der Waals surface area contributed by atoms with Crippen molar-refractivity contribution in [1.29, 1.82) is 5.26 Å². The highest BCUT2D eigenvalue weighted by atomic mass is 35.5. The van der Waals surface area contributed by atoms with Crippen LogP contribution in [0.3, 0.4) is 0 Å². The van der Waals surface area contributed by atoms with Crippen LogP contribution in [0.15, 0.2) is 18.2 Å². The van der Waals surface area contributed by atoms with E-state index in [4.69, 9.17) is 11.6 Å². The molecule has 0 aromatic heterocycles. The first-order valence-electron chi connectivity index (χ1n) is 6.65. The Balaban J connectivity index is 2.29. The number of hydrogen-bond donors (Lipinski definition) is 1. The van der Waals surface area contributed by atoms with Gasteiger partial charge in [-0.2, -0.15) is 5.26 Å². The number of anilines is 1. The van der Waals surface area contributed by atoms with Gasteiger partial charge in [-0.25, -0.2) is 0 Å². The molecule has 0 heterocycles. The molecule has 0 saturated heterocycles. The Hall–Kier alpha value is -2.13. The minimum atomic E-state index is -1.10. The fourth-order valence-corrected chi connectivity index (χ4v) is 2.73. The Morgan fingerprint density at radius 2 is 2.05 bits per heavy atom. The molecule has 1 saturated carbocycles. The first kappa shape index (κ1) is 15.3. The van der Waals surface area contributed by atoms with Crippen molar-refractivity contribution in [2.45, 2.75) is 32.1 Å². The van der Waals surface area contributed by atoms with E-state index in [0.717, 1.165) is 19.3 Å². The third-order valence-electron chi connectivity index (χ3n) is 3.76. The third kappa shape index (κ3) is 3.14. The van der Waals surface area contributed by atoms with E-state index in [1.807, 2.05) is 0 Å². The maximum absolute atomic E-state index is 12.4. The van der Waals surface area contributed by atoms with Gasteiger partial charge in [0.25, 0.3) is 5.69 Å². The summed E-state index contributed by atoms with van der Waals surface area (Å²) in [5.74, 6) is -0.491. The maximum atomic E-state index is 12.4. The molecule has 1 fully saturated rings. The zero-order valence-electron chi connectivity index (χ0n) is 11.3. The molecule has 1 aliphatic carbocycles. The molecule has 0 unspecified atom stereocenters. The molecular formula is C14H14ClN3O3. The topological polar surface area (TPSA) is 96.0 Å². The summed E-state index contributed by atoms with van der Waals surface area (Å²) in [6, 6.07) is 6.03. The lowest BCUT2D eigenvalue weighted by molar-refractivity contribution is -0.383. The van der Waals surface area contributed by atoms with Gasteiger partial charge in [0.1, 0.15) is 11.1 Å². The normalized spacial score (nSPS) is 16.8. The second-order valence-corrected chi connectivity index (χ2v) is 5.56. The number of hydrogen-bond acceptors (Lipinski definition) is 4. The van der Waals surface area contributed by atoms with E-state index in [0.29, 0.717) is 12.8 Å². The van der Waals surface area contributed by atoms with Crippen LogP contribution in [0.5, 0.6) is 0 Å². The molecule has 1 N–H and O–H groups in total. The Morgan fingerprint density at radius 3 is 2.62 bits per heavy atom. The largest absolute Gasteiger partial charge is 0.319 e. The molecule has 7 heteroatoms. The highest BCUT2D eigenvalue weighted by Gasteiger charge is 2.40. The molecule has 0 spiro atoms. The minimum absolute atomic E-state index is 0.0256. The zero-order chi connectivity index (χ0) is 15.5. The first-order valence-corrected chi connectivity index (χ1v) is 7.03. The van der Waals surface area contributed by atoms with Crippen LogP contribution in [0.1, 0.15) is 32.1 Å². The van der Waals surface area contributed by atoms with E-state index < -0.39 is 16.2 Å². The monoisotopic (exact) mass is 307 g/mol. The number of carbonyl (C=O) groups is 1. The third-order valence-corrected chi connectivity index (χ3v) is 3.99. The lowest BCUT2D eigenvalue weighted by atomic mass is 9.74. The van der Waals surface area contributed by atoms with Crippen LogP contribution in [0, 0.1) is 26.9 Å². The van der Waals surface area contributed by atoms with Crippen molar-refractivity contribution in [2.24, 2.45) is 5.41 Å². The van der Waals surface area contributed by atoms with Crippen LogP contribution < -0.4 is 5.32 Å². The summed E-state index contributed by atoms with van der Waals surface area (Å²) in [6.45, 7) is 0. The Kier molecular flexibility index (Phi) is 4.43. The van der Waals surface area contributed by atoms with Gasteiger partial charge in [0, 0.05) is 11.1 Å². The summed E-state index contributed by atoms with van der Waals surface area (Å²) >= 11 is 5.82. The molecule has 0 bridgehead atoms. The average Bonchev–Trinajstić information content (AvgIpc) is 2.47. The van der Waals surface area contributed by atoms with Crippen molar-refractivity contribution in [3.05, 3.63) is 33.3 Å². The van der Waals surface area contributed by atoms with Crippen molar-refractivity contribution in [3.8, 4) is 6.07 Å². The number of rotatable bonds is 3. The molecule has 6 nitrogen and oxygen atoms in total. The summed E-state index contributed by atoms with van der Waals surface area (Å²) in [4.78, 5) is 22.8. The number of nitriles is 1. The zero-order valence-corrected chi connectivity index (χ0v) is 12.0. The smallest absolute Gasteiger partial charge is 0.292 e. The Labute approximate surface area is 126 Å². The molecule has 1 aromatic carbocycles. The van der Waals surface area contributed by atoms with Gasteiger partial charge in [-0.1, -0.05) is 30.9 Å². The van der Waals surface area contributed by atoms with E-state index in [2.05, 4.69) is 11.4 Å². The molecule has 0 radical (unpaired) electrons. The summed E-state index contributed by atoms with van der Waals surface area (Å²) in [5, 5.41) is 23.1. The number of halogens is 1. The molecule has 0 aliphatic heterocycles. The van der Waals surface area contributed by atoms with Gasteiger partial charge < -0.3 is 5.32 Å². The molecule has 1 aromatic rings. The number of amides is 1. The van der Waals surface area contributed by atoms with E-state index in [-0.39, 0.29) is 16.4 Å². The van der Waals surface area contributed by atoms with Gasteiger partial charge in [0.15, 0.2) is 0 Å². The predicted octanol–water partition coefficient (Wildman–Crippen LogP) is 3.66. The predicted molar refractivity (Wildman–Crippen MR) is 77.9 cm³/mol. The van der Waals surface area contributed by atoms with Crippen LogP contribution in [0.4, 0.5) is 11.4 Å². The molecule has 1 aliphatic rings. The van der Waals surface area contributed by atoms with Crippen molar-refractivity contribution >= 4 is 28.9 Å². The number of carbonyl (C=O) groups excluding carboxylic acids is 1. The van der Waals surface area contributed by atoms with E-state index in [1.165, 1.54) is 18.2 Å². The highest BCUT2D eigenvalue weighted by Crippen LogP contribution is 2.38. The fourth-order valence-electron chi connectivity index (χ4n) is 2.55. The van der Waals surface area contributed by atoms with Gasteiger partial charge >= 0.3 is 0 Å². The van der Waals surface area contributed by atoms with Crippen LogP contribution in [0.25, 0.3) is 0 Å². The summed E-state index contributed by atoms with van der Waals surface area (Å²) in [5.41, 5.74) is -1.32. The summed E-state index contributed by atoms with van der Waals surface area (Å²) in [7, 11) is 0. The molecular weight excluding hydrogens is 294 g/mol. The summed E-state index contributed by atoms with van der Waals surface area (Å²) in [6.07, 6.45) is 3.55. The SMILES string of the molecule is N#CC1(C(=O)Nc2cc(Cl)ccc2[N+](=O)[O-])CCCCC1. The van der Waals surface area contributed by atoms with Gasteiger partial charge in [-0.15, -0.1) is 0 Å². The minimum Gasteiger partial charge on any atom is -0.319 e. The maximum Gasteiger partial charge on any atom is 0.292 e. The molecule has 1 amide bonds. The van der Waals surface area contributed by atoms with Crippen molar-refractivity contribution < 1.29 is 9.72 Å². The van der Waals surface area contributed by atoms with Crippen molar-refractivity contribution in [3.63, 3.8) is 0 Å². The highest BCUT2D eigenvalue weighted by molar-refractivity contribution is 6.31. The van der Waals surface area contributed by atoms with Crippen LogP contribution in [-0.2, 0) is 4.79 Å². The van der Waals surface area contributed by atoms with E-state index in [9.17, 15) is 20.2 Å². The Morgan fingerprint density at radius 1 is 1.38 bits per heavy atom. The van der Waals surface area contributed by atoms with Gasteiger partial charge in [0.05, 0.1) is 11.0 Å². The van der Waals surface area contributed by atoms with Crippen LogP contribution >= 0.6 is 11.6 Å². The summed E-state index contributed by atoms with van der Waals surface area (Å²) < 4.78 is 0. The van der Waals surface area contributed by atoms with Crippen molar-refractivity contribution in [1.82, 2.24) is 0 Å². The Bertz CT molecular complexity index is 618. The van der Waals surface area contributed by atoms with Crippen LogP contribution in [0.2, 0.25) is 5.02 Å². The van der Waals surface area contributed by atoms with E-state index in [1.54, 1.807) is 0 Å². The average molecular weight is 308 g/mol. The second kappa shape index (κ2) is 6.10. The van der Waals surface area contributed by atoms with Gasteiger partial charge in [-0.05, 0) is 25.0 Å². The second-order valence-electron chi connectivity index (χ2n) is 5.13. The number of nitrogens with zero attached hydrogens (tertiary/aromatic N) is 2. The fraction of sp³-hybridized carbons (Fsp3) is 0.429. The number of benzene rings is 1. The van der Waals surface area contributed by atoms with E-state index >= 15 is 0 Å². The van der Waals surface area contributed by atoms with Gasteiger partial charge in [-0.3, -0.25) is 14.9 Å². The quantitative estimate of drug-likeness (QED) is 0.680. The molecule has 0 atom stereocenters. The standard InChI is InChI=1S/C14H14ClN3O3/c15-10-4-5-12(18(20)21)11(8-10)17-13(19)14(9-16)6-2-1-3-7-14/h4-5,8H,1-3,6-7H2,(H,17,19). The lowest BCUT2D eigenvalue weighted by Crippen LogP contribution is -2.36. The number of nitrogens with one attached hydrogen (secondary N) is 1. The van der Waals surface area contributed by atoms with Gasteiger partial charge in [0.2, 0.25) is 5.91 Å². The lowest BCUT2D eigenvalue weighted by Gasteiger charge is -2.29. The number of nitro groups is 1. The van der Waals surface area contributed by atoms with Crippen LogP contribution in [-0.4, -0.2) is 10.8 Å².